The fraction of sp³-hybridized carbons (Fsp3) is 0.417. The number of hydrogen-bond donors (Lipinski definition) is 2. The van der Waals surface area contributed by atoms with Crippen molar-refractivity contribution in [3.63, 3.8) is 0 Å². The summed E-state index contributed by atoms with van der Waals surface area (Å²) in [6, 6.07) is 0. The van der Waals surface area contributed by atoms with Crippen molar-refractivity contribution < 1.29 is 14.6 Å². The fourth-order valence-corrected chi connectivity index (χ4v) is 1.55. The topological polar surface area (TPSA) is 115 Å². The van der Waals surface area contributed by atoms with Crippen molar-refractivity contribution in [3.8, 4) is 5.88 Å². The third-order valence-electron chi connectivity index (χ3n) is 2.30. The summed E-state index contributed by atoms with van der Waals surface area (Å²) in [5.41, 5.74) is 0.605. The molecule has 0 aliphatic heterocycles. The van der Waals surface area contributed by atoms with Gasteiger partial charge in [0.05, 0.1) is 31.2 Å². The Hall–Kier alpha value is -2.71. The van der Waals surface area contributed by atoms with E-state index in [0.29, 0.717) is 23.9 Å². The van der Waals surface area contributed by atoms with Crippen LogP contribution in [0, 0.1) is 0 Å². The van der Waals surface area contributed by atoms with Crippen molar-refractivity contribution in [1.29, 1.82) is 0 Å². The van der Waals surface area contributed by atoms with Crippen LogP contribution in [0.25, 0.3) is 0 Å². The van der Waals surface area contributed by atoms with E-state index in [-0.39, 0.29) is 12.6 Å². The Labute approximate surface area is 121 Å². The summed E-state index contributed by atoms with van der Waals surface area (Å²) in [5, 5.41) is 19.2. The summed E-state index contributed by atoms with van der Waals surface area (Å²) in [5.74, 6) is 0.00859. The molecule has 112 valence electrons. The largest absolute Gasteiger partial charge is 0.480 e. The molecular weight excluding hydrogens is 276 g/mol. The van der Waals surface area contributed by atoms with Crippen LogP contribution in [0.2, 0.25) is 0 Å². The maximum absolute atomic E-state index is 10.5. The van der Waals surface area contributed by atoms with Gasteiger partial charge in [0.15, 0.2) is 0 Å². The van der Waals surface area contributed by atoms with Crippen LogP contribution in [0.4, 0.5) is 5.82 Å². The van der Waals surface area contributed by atoms with Gasteiger partial charge in [-0.3, -0.25) is 9.78 Å². The lowest BCUT2D eigenvalue weighted by Crippen LogP contribution is -2.09. The van der Waals surface area contributed by atoms with Gasteiger partial charge in [0.1, 0.15) is 18.1 Å². The van der Waals surface area contributed by atoms with Gasteiger partial charge < -0.3 is 15.2 Å². The molecule has 2 rings (SSSR count). The summed E-state index contributed by atoms with van der Waals surface area (Å²) in [7, 11) is 0. The molecule has 0 amide bonds. The highest BCUT2D eigenvalue weighted by Crippen LogP contribution is 2.11. The second kappa shape index (κ2) is 6.64. The number of aliphatic carboxylic acids is 1. The Balaban J connectivity index is 1.93. The molecule has 2 N–H and O–H groups in total. The maximum Gasteiger partial charge on any atom is 0.325 e. The molecule has 9 heteroatoms. The molecular formula is C12H16N6O3. The number of nitrogens with one attached hydrogen (secondary N) is 1. The summed E-state index contributed by atoms with van der Waals surface area (Å²) in [4.78, 5) is 18.8. The van der Waals surface area contributed by atoms with E-state index in [0.717, 1.165) is 0 Å². The molecule has 0 aliphatic carbocycles. The first-order valence-corrected chi connectivity index (χ1v) is 6.36. The van der Waals surface area contributed by atoms with E-state index in [1.807, 2.05) is 13.8 Å². The first-order chi connectivity index (χ1) is 10.0. The van der Waals surface area contributed by atoms with Crippen LogP contribution >= 0.6 is 0 Å². The first kappa shape index (κ1) is 14.7. The van der Waals surface area contributed by atoms with E-state index >= 15 is 0 Å². The van der Waals surface area contributed by atoms with Crippen molar-refractivity contribution in [2.24, 2.45) is 0 Å². The molecule has 9 nitrogen and oxygen atoms in total. The molecule has 0 bridgehead atoms. The molecule has 0 saturated carbocycles. The first-order valence-electron chi connectivity index (χ1n) is 6.36. The molecule has 0 atom stereocenters. The van der Waals surface area contributed by atoms with Crippen LogP contribution in [0.5, 0.6) is 5.88 Å². The average Bonchev–Trinajstić information content (AvgIpc) is 2.83. The number of hydrogen-bond acceptors (Lipinski definition) is 7. The molecule has 0 spiro atoms. The number of carboxylic acids is 1. The second-order valence-corrected chi connectivity index (χ2v) is 4.56. The lowest BCUT2D eigenvalue weighted by molar-refractivity contribution is -0.137. The number of carboxylic acid groups (broad SMARTS) is 1. The smallest absolute Gasteiger partial charge is 0.325 e. The van der Waals surface area contributed by atoms with E-state index in [9.17, 15) is 4.79 Å². The number of carbonyl (C=O) groups is 1. The minimum absolute atomic E-state index is 0.0190. The minimum Gasteiger partial charge on any atom is -0.480 e. The van der Waals surface area contributed by atoms with Crippen LogP contribution in [-0.4, -0.2) is 42.1 Å². The monoisotopic (exact) mass is 292 g/mol. The van der Waals surface area contributed by atoms with E-state index in [2.05, 4.69) is 25.6 Å². The summed E-state index contributed by atoms with van der Waals surface area (Å²) >= 11 is 0. The molecule has 0 fully saturated rings. The molecule has 0 radical (unpaired) electrons. The van der Waals surface area contributed by atoms with Crippen LogP contribution < -0.4 is 10.1 Å². The summed E-state index contributed by atoms with van der Waals surface area (Å²) in [6.07, 6.45) is 4.68. The molecule has 0 saturated heterocycles. The van der Waals surface area contributed by atoms with Gasteiger partial charge in [-0.05, 0) is 13.8 Å². The highest BCUT2D eigenvalue weighted by molar-refractivity contribution is 5.66. The van der Waals surface area contributed by atoms with Gasteiger partial charge in [-0.15, -0.1) is 5.10 Å². The van der Waals surface area contributed by atoms with Crippen molar-refractivity contribution in [3.05, 3.63) is 24.3 Å². The second-order valence-electron chi connectivity index (χ2n) is 4.56. The average molecular weight is 292 g/mol. The zero-order valence-corrected chi connectivity index (χ0v) is 11.7. The Bertz CT molecular complexity index is 613. The number of anilines is 1. The number of ether oxygens (including phenoxy) is 1. The molecule has 21 heavy (non-hydrogen) atoms. The molecule has 2 aromatic rings. The molecule has 0 aromatic carbocycles. The van der Waals surface area contributed by atoms with Crippen LogP contribution in [-0.2, 0) is 17.9 Å². The SMILES string of the molecule is CC(C)Oc1cncc(NCc2cn(CC(=O)O)nn2)n1. The molecule has 2 heterocycles. The maximum atomic E-state index is 10.5. The fourth-order valence-electron chi connectivity index (χ4n) is 1.55. The van der Waals surface area contributed by atoms with E-state index in [1.54, 1.807) is 12.4 Å². The van der Waals surface area contributed by atoms with Gasteiger partial charge in [-0.2, -0.15) is 4.98 Å². The summed E-state index contributed by atoms with van der Waals surface area (Å²) < 4.78 is 6.70. The summed E-state index contributed by atoms with van der Waals surface area (Å²) in [6.45, 7) is 3.95. The third kappa shape index (κ3) is 4.71. The zero-order valence-electron chi connectivity index (χ0n) is 11.7. The minimum atomic E-state index is -0.969. The number of rotatable bonds is 7. The predicted molar refractivity (Wildman–Crippen MR) is 72.8 cm³/mol. The predicted octanol–water partition coefficient (Wildman–Crippen LogP) is 0.552. The molecule has 0 aliphatic rings. The van der Waals surface area contributed by atoms with E-state index in [1.165, 1.54) is 10.9 Å². The van der Waals surface area contributed by atoms with Gasteiger partial charge in [0.2, 0.25) is 5.88 Å². The Morgan fingerprint density at radius 2 is 2.29 bits per heavy atom. The quantitative estimate of drug-likeness (QED) is 0.760. The van der Waals surface area contributed by atoms with Gasteiger partial charge in [0.25, 0.3) is 0 Å². The van der Waals surface area contributed by atoms with E-state index in [4.69, 9.17) is 9.84 Å². The van der Waals surface area contributed by atoms with Crippen molar-refractivity contribution in [2.45, 2.75) is 33.0 Å². The number of aromatic nitrogens is 5. The zero-order chi connectivity index (χ0) is 15.2. The Morgan fingerprint density at radius 1 is 1.48 bits per heavy atom. The lowest BCUT2D eigenvalue weighted by Gasteiger charge is -2.09. The van der Waals surface area contributed by atoms with Gasteiger partial charge in [-0.25, -0.2) is 4.68 Å². The van der Waals surface area contributed by atoms with Crippen molar-refractivity contribution in [1.82, 2.24) is 25.0 Å². The van der Waals surface area contributed by atoms with E-state index < -0.39 is 5.97 Å². The molecule has 2 aromatic heterocycles. The Morgan fingerprint density at radius 3 is 3.00 bits per heavy atom. The molecule has 0 unspecified atom stereocenters. The normalized spacial score (nSPS) is 10.6. The highest BCUT2D eigenvalue weighted by Gasteiger charge is 2.06. The highest BCUT2D eigenvalue weighted by atomic mass is 16.5. The van der Waals surface area contributed by atoms with Crippen molar-refractivity contribution >= 4 is 11.8 Å². The van der Waals surface area contributed by atoms with Crippen molar-refractivity contribution in [2.75, 3.05) is 5.32 Å². The lowest BCUT2D eigenvalue weighted by atomic mass is 10.4. The van der Waals surface area contributed by atoms with Gasteiger partial charge >= 0.3 is 5.97 Å². The van der Waals surface area contributed by atoms with Crippen LogP contribution in [0.3, 0.4) is 0 Å². The standard InChI is InChI=1S/C12H16N6O3/c1-8(2)21-11-5-13-4-10(15-11)14-3-9-6-18(17-16-9)7-12(19)20/h4-6,8H,3,7H2,1-2H3,(H,14,15)(H,19,20). The van der Waals surface area contributed by atoms with Gasteiger partial charge in [-0.1, -0.05) is 5.21 Å². The Kier molecular flexibility index (Phi) is 4.64. The van der Waals surface area contributed by atoms with Crippen LogP contribution in [0.15, 0.2) is 18.6 Å². The third-order valence-corrected chi connectivity index (χ3v) is 2.30. The van der Waals surface area contributed by atoms with Gasteiger partial charge in [0, 0.05) is 0 Å². The van der Waals surface area contributed by atoms with Crippen LogP contribution in [0.1, 0.15) is 19.5 Å². The number of nitrogens with zero attached hydrogens (tertiary/aromatic N) is 5.